The summed E-state index contributed by atoms with van der Waals surface area (Å²) in [5.74, 6) is 1.85. The van der Waals surface area contributed by atoms with E-state index in [1.807, 2.05) is 12.2 Å². The lowest BCUT2D eigenvalue weighted by atomic mass is 9.88. The Morgan fingerprint density at radius 1 is 1.14 bits per heavy atom. The number of likely N-dealkylation sites (N-methyl/N-ethyl adjacent to an activating group) is 1. The van der Waals surface area contributed by atoms with Gasteiger partial charge in [0.1, 0.15) is 5.76 Å². The van der Waals surface area contributed by atoms with Gasteiger partial charge in [-0.3, -0.25) is 0 Å². The van der Waals surface area contributed by atoms with Crippen molar-refractivity contribution in [1.29, 1.82) is 0 Å². The summed E-state index contributed by atoms with van der Waals surface area (Å²) in [4.78, 5) is 4.99. The molecular weight excluding hydrogens is 440 g/mol. The first-order chi connectivity index (χ1) is 17.6. The van der Waals surface area contributed by atoms with Gasteiger partial charge in [0.2, 0.25) is 0 Å². The van der Waals surface area contributed by atoms with Crippen LogP contribution in [0.4, 0.5) is 5.69 Å². The molecule has 4 atom stereocenters. The topological polar surface area (TPSA) is 19.6 Å². The summed E-state index contributed by atoms with van der Waals surface area (Å²) < 4.78 is 6.82. The molecule has 0 amide bonds. The number of allylic oxidation sites excluding steroid dienone is 9. The fraction of sp³-hybridized carbons (Fsp3) is 0.273. The van der Waals surface area contributed by atoms with Crippen LogP contribution in [0.3, 0.4) is 0 Å². The first-order valence-corrected chi connectivity index (χ1v) is 13.1. The number of fused-ring (bicyclic) bond motifs is 8. The minimum absolute atomic E-state index is 0.297. The van der Waals surface area contributed by atoms with Crippen molar-refractivity contribution in [3.05, 3.63) is 119 Å². The molecule has 0 spiro atoms. The SMILES string of the molecule is C=C/C=C\C1=C(C)C2=Cc3oc4c5c(ccc4c3CC2N1C)C1C=CC=CC1N5C1=CC=CCC1C. The maximum atomic E-state index is 6.82. The van der Waals surface area contributed by atoms with Crippen molar-refractivity contribution in [3.8, 4) is 0 Å². The normalized spacial score (nSPS) is 28.0. The van der Waals surface area contributed by atoms with Crippen LogP contribution in [-0.4, -0.2) is 24.0 Å². The van der Waals surface area contributed by atoms with E-state index in [1.165, 1.54) is 44.7 Å². The van der Waals surface area contributed by atoms with E-state index in [0.29, 0.717) is 23.9 Å². The fourth-order valence-electron chi connectivity index (χ4n) is 6.93. The summed E-state index contributed by atoms with van der Waals surface area (Å²) in [6, 6.07) is 5.31. The maximum Gasteiger partial charge on any atom is 0.159 e. The zero-order valence-corrected chi connectivity index (χ0v) is 21.2. The van der Waals surface area contributed by atoms with Crippen LogP contribution in [0.1, 0.15) is 43.1 Å². The number of rotatable bonds is 3. The molecule has 0 radical (unpaired) electrons. The van der Waals surface area contributed by atoms with Gasteiger partial charge < -0.3 is 14.2 Å². The Hall–Kier alpha value is -3.72. The predicted octanol–water partition coefficient (Wildman–Crippen LogP) is 7.58. The second-order valence-electron chi connectivity index (χ2n) is 10.7. The second-order valence-corrected chi connectivity index (χ2v) is 10.7. The van der Waals surface area contributed by atoms with E-state index in [9.17, 15) is 0 Å². The van der Waals surface area contributed by atoms with Gasteiger partial charge in [0.15, 0.2) is 5.58 Å². The third kappa shape index (κ3) is 2.86. The van der Waals surface area contributed by atoms with Gasteiger partial charge in [-0.15, -0.1) is 0 Å². The molecule has 0 fully saturated rings. The smallest absolute Gasteiger partial charge is 0.159 e. The summed E-state index contributed by atoms with van der Waals surface area (Å²) in [5, 5.41) is 1.26. The van der Waals surface area contributed by atoms with Gasteiger partial charge in [0.25, 0.3) is 0 Å². The Morgan fingerprint density at radius 3 is 2.83 bits per heavy atom. The van der Waals surface area contributed by atoms with Crippen molar-refractivity contribution < 1.29 is 4.42 Å². The first kappa shape index (κ1) is 21.6. The molecule has 5 aliphatic rings. The molecule has 36 heavy (non-hydrogen) atoms. The van der Waals surface area contributed by atoms with Crippen LogP contribution in [0.2, 0.25) is 0 Å². The molecule has 1 aromatic carbocycles. The molecule has 3 heterocycles. The molecule has 0 N–H and O–H groups in total. The van der Waals surface area contributed by atoms with Crippen LogP contribution in [0, 0.1) is 5.92 Å². The van der Waals surface area contributed by atoms with E-state index >= 15 is 0 Å². The fourth-order valence-corrected chi connectivity index (χ4v) is 6.93. The predicted molar refractivity (Wildman–Crippen MR) is 150 cm³/mol. The number of anilines is 1. The Morgan fingerprint density at radius 2 is 2.00 bits per heavy atom. The van der Waals surface area contributed by atoms with Crippen molar-refractivity contribution in [3.63, 3.8) is 0 Å². The van der Waals surface area contributed by atoms with Crippen molar-refractivity contribution >= 4 is 22.7 Å². The number of benzene rings is 1. The average molecular weight is 473 g/mol. The number of furan rings is 1. The van der Waals surface area contributed by atoms with Crippen LogP contribution >= 0.6 is 0 Å². The minimum Gasteiger partial charge on any atom is -0.454 e. The molecular formula is C33H32N2O. The molecule has 4 unspecified atom stereocenters. The van der Waals surface area contributed by atoms with Gasteiger partial charge in [-0.25, -0.2) is 0 Å². The second kappa shape index (κ2) is 7.89. The van der Waals surface area contributed by atoms with Crippen LogP contribution in [0.15, 0.2) is 106 Å². The molecule has 3 heteroatoms. The summed E-state index contributed by atoms with van der Waals surface area (Å²) >= 11 is 0. The van der Waals surface area contributed by atoms with E-state index in [4.69, 9.17) is 4.42 Å². The zero-order valence-electron chi connectivity index (χ0n) is 21.2. The lowest BCUT2D eigenvalue weighted by Gasteiger charge is -2.34. The molecule has 2 aromatic rings. The van der Waals surface area contributed by atoms with Crippen molar-refractivity contribution in [2.75, 3.05) is 11.9 Å². The average Bonchev–Trinajstić information content (AvgIpc) is 3.50. The van der Waals surface area contributed by atoms with Crippen LogP contribution in [-0.2, 0) is 6.42 Å². The van der Waals surface area contributed by atoms with Crippen LogP contribution in [0.5, 0.6) is 0 Å². The molecule has 0 saturated heterocycles. The van der Waals surface area contributed by atoms with Gasteiger partial charge in [0.05, 0.1) is 17.8 Å². The molecule has 3 aliphatic carbocycles. The summed E-state index contributed by atoms with van der Waals surface area (Å²) in [7, 11) is 2.21. The highest BCUT2D eigenvalue weighted by atomic mass is 16.3. The highest BCUT2D eigenvalue weighted by Crippen LogP contribution is 2.53. The number of nitrogens with zero attached hydrogens (tertiary/aromatic N) is 2. The van der Waals surface area contributed by atoms with E-state index in [0.717, 1.165) is 24.2 Å². The summed E-state index contributed by atoms with van der Waals surface area (Å²) in [5.41, 5.74) is 10.4. The Kier molecular flexibility index (Phi) is 4.73. The lowest BCUT2D eigenvalue weighted by Crippen LogP contribution is -2.35. The van der Waals surface area contributed by atoms with Gasteiger partial charge >= 0.3 is 0 Å². The molecule has 0 bridgehead atoms. The summed E-state index contributed by atoms with van der Waals surface area (Å²) in [6.07, 6.45) is 26.3. The highest BCUT2D eigenvalue weighted by molar-refractivity contribution is 5.99. The molecule has 180 valence electrons. The maximum absolute atomic E-state index is 6.82. The van der Waals surface area contributed by atoms with Gasteiger partial charge in [0, 0.05) is 41.7 Å². The van der Waals surface area contributed by atoms with E-state index in [2.05, 4.69) is 104 Å². The van der Waals surface area contributed by atoms with Gasteiger partial charge in [-0.05, 0) is 54.2 Å². The Bertz CT molecular complexity index is 1520. The zero-order chi connectivity index (χ0) is 24.6. The van der Waals surface area contributed by atoms with E-state index in [-0.39, 0.29) is 0 Å². The standard InChI is InChI=1S/C33H32N2O/c1-5-6-13-28-21(3)25-19-31-26(18-30(25)34(28)4)24-17-16-23-22-12-8-10-15-29(22)35(32(23)33(24)36-31)27-14-9-7-11-20(27)2/h5-10,12-17,19-20,22,29-30H,1,11,18H2,2-4H3/b13-6-. The minimum atomic E-state index is 0.297. The summed E-state index contributed by atoms with van der Waals surface area (Å²) in [6.45, 7) is 8.41. The quantitative estimate of drug-likeness (QED) is 0.429. The van der Waals surface area contributed by atoms with Crippen LogP contribution in [0.25, 0.3) is 17.0 Å². The number of hydrogen-bond acceptors (Lipinski definition) is 3. The third-order valence-electron chi connectivity index (χ3n) is 8.77. The van der Waals surface area contributed by atoms with Gasteiger partial charge in [-0.1, -0.05) is 74.2 Å². The highest BCUT2D eigenvalue weighted by Gasteiger charge is 2.43. The van der Waals surface area contributed by atoms with E-state index < -0.39 is 0 Å². The van der Waals surface area contributed by atoms with Crippen molar-refractivity contribution in [2.24, 2.45) is 5.92 Å². The monoisotopic (exact) mass is 472 g/mol. The largest absolute Gasteiger partial charge is 0.454 e. The first-order valence-electron chi connectivity index (χ1n) is 13.1. The lowest BCUT2D eigenvalue weighted by molar-refractivity contribution is 0.370. The number of hydrogen-bond donors (Lipinski definition) is 0. The molecule has 7 rings (SSSR count). The van der Waals surface area contributed by atoms with Crippen molar-refractivity contribution in [1.82, 2.24) is 4.90 Å². The molecule has 1 aromatic heterocycles. The van der Waals surface area contributed by atoms with E-state index in [1.54, 1.807) is 0 Å². The van der Waals surface area contributed by atoms with Crippen LogP contribution < -0.4 is 4.90 Å². The molecule has 2 aliphatic heterocycles. The molecule has 3 nitrogen and oxygen atoms in total. The molecule has 0 saturated carbocycles. The Balaban J connectivity index is 1.42. The third-order valence-corrected chi connectivity index (χ3v) is 8.77. The van der Waals surface area contributed by atoms with Crippen molar-refractivity contribution in [2.45, 2.75) is 44.7 Å². The van der Waals surface area contributed by atoms with Gasteiger partial charge in [-0.2, -0.15) is 0 Å². The Labute approximate surface area is 213 Å².